The number of carbonyl (C=O) groups is 2. The van der Waals surface area contributed by atoms with Crippen LogP contribution in [0.1, 0.15) is 34.7 Å². The maximum atomic E-state index is 13.0. The second-order valence-electron chi connectivity index (χ2n) is 7.45. The first-order chi connectivity index (χ1) is 13.6. The zero-order chi connectivity index (χ0) is 19.7. The lowest BCUT2D eigenvalue weighted by atomic mass is 9.87. The number of nitrogens with one attached hydrogen (secondary N) is 1. The van der Waals surface area contributed by atoms with E-state index < -0.39 is 0 Å². The molecule has 2 aliphatic rings. The van der Waals surface area contributed by atoms with E-state index in [2.05, 4.69) is 5.32 Å². The number of benzene rings is 2. The molecule has 5 nitrogen and oxygen atoms in total. The largest absolute Gasteiger partial charge is 0.496 e. The topological polar surface area (TPSA) is 58.6 Å². The summed E-state index contributed by atoms with van der Waals surface area (Å²) in [6.07, 6.45) is 2.07. The van der Waals surface area contributed by atoms with E-state index >= 15 is 0 Å². The van der Waals surface area contributed by atoms with Gasteiger partial charge in [-0.2, -0.15) is 0 Å². The lowest BCUT2D eigenvalue weighted by molar-refractivity contribution is -0.125. The molecule has 2 amide bonds. The number of halogens is 1. The highest BCUT2D eigenvalue weighted by atomic mass is 35.5. The predicted octanol–water partition coefficient (Wildman–Crippen LogP) is 3.48. The normalized spacial score (nSPS) is 21.4. The van der Waals surface area contributed by atoms with Gasteiger partial charge in [-0.25, -0.2) is 0 Å². The third-order valence-electron chi connectivity index (χ3n) is 5.50. The minimum absolute atomic E-state index is 0.0183. The Kier molecular flexibility index (Phi) is 5.27. The van der Waals surface area contributed by atoms with Crippen molar-refractivity contribution in [2.75, 3.05) is 20.2 Å². The second-order valence-corrected chi connectivity index (χ2v) is 7.89. The number of nitrogens with zero attached hydrogens (tertiary/aromatic N) is 1. The lowest BCUT2D eigenvalue weighted by Gasteiger charge is -2.20. The van der Waals surface area contributed by atoms with E-state index in [4.69, 9.17) is 16.3 Å². The van der Waals surface area contributed by atoms with Crippen LogP contribution in [0.4, 0.5) is 0 Å². The van der Waals surface area contributed by atoms with Gasteiger partial charge in [0, 0.05) is 35.6 Å². The molecule has 1 heterocycles. The Bertz CT molecular complexity index is 880. The van der Waals surface area contributed by atoms with Crippen molar-refractivity contribution >= 4 is 23.4 Å². The van der Waals surface area contributed by atoms with Crippen molar-refractivity contribution in [3.63, 3.8) is 0 Å². The molecular weight excluding hydrogens is 376 g/mol. The van der Waals surface area contributed by atoms with Crippen molar-refractivity contribution in [2.45, 2.75) is 24.8 Å². The van der Waals surface area contributed by atoms with Crippen LogP contribution in [0.3, 0.4) is 0 Å². The summed E-state index contributed by atoms with van der Waals surface area (Å²) in [6.45, 7) is 0.868. The zero-order valence-corrected chi connectivity index (χ0v) is 16.5. The van der Waals surface area contributed by atoms with Gasteiger partial charge in [-0.05, 0) is 48.7 Å². The van der Waals surface area contributed by atoms with Gasteiger partial charge in [0.25, 0.3) is 5.91 Å². The van der Waals surface area contributed by atoms with Crippen LogP contribution in [-0.2, 0) is 4.79 Å². The Morgan fingerprint density at radius 2 is 1.79 bits per heavy atom. The molecule has 2 atom stereocenters. The van der Waals surface area contributed by atoms with Crippen molar-refractivity contribution in [1.82, 2.24) is 10.2 Å². The highest BCUT2D eigenvalue weighted by molar-refractivity contribution is 6.30. The fourth-order valence-corrected chi connectivity index (χ4v) is 3.96. The van der Waals surface area contributed by atoms with Crippen LogP contribution in [0.25, 0.3) is 0 Å². The molecule has 146 valence electrons. The number of ether oxygens (including phenoxy) is 1. The first kappa shape index (κ1) is 18.8. The van der Waals surface area contributed by atoms with E-state index in [-0.39, 0.29) is 29.7 Å². The lowest BCUT2D eigenvalue weighted by Crippen LogP contribution is -2.36. The number of rotatable bonds is 5. The molecule has 2 fully saturated rings. The van der Waals surface area contributed by atoms with Crippen molar-refractivity contribution in [1.29, 1.82) is 0 Å². The van der Waals surface area contributed by atoms with E-state index in [1.54, 1.807) is 36.3 Å². The molecule has 0 spiro atoms. The van der Waals surface area contributed by atoms with Gasteiger partial charge in [-0.1, -0.05) is 29.8 Å². The van der Waals surface area contributed by atoms with Crippen molar-refractivity contribution in [2.24, 2.45) is 5.92 Å². The van der Waals surface area contributed by atoms with Gasteiger partial charge in [-0.3, -0.25) is 9.59 Å². The summed E-state index contributed by atoms with van der Waals surface area (Å²) >= 11 is 5.94. The molecule has 0 bridgehead atoms. The molecule has 0 unspecified atom stereocenters. The minimum Gasteiger partial charge on any atom is -0.496 e. The van der Waals surface area contributed by atoms with Gasteiger partial charge in [0.2, 0.25) is 5.91 Å². The molecule has 0 radical (unpaired) electrons. The molecule has 2 aromatic carbocycles. The van der Waals surface area contributed by atoms with E-state index in [0.717, 1.165) is 24.2 Å². The summed E-state index contributed by atoms with van der Waals surface area (Å²) in [7, 11) is 1.63. The second kappa shape index (κ2) is 7.84. The number of para-hydroxylation sites is 1. The Morgan fingerprint density at radius 1 is 1.07 bits per heavy atom. The van der Waals surface area contributed by atoms with Crippen LogP contribution < -0.4 is 10.1 Å². The SMILES string of the molecule is COc1ccccc1[C@@H]1CN(C(=O)c2ccc(Cl)cc2)C[C@@H]1C(=O)NC1CC1. The van der Waals surface area contributed by atoms with Gasteiger partial charge in [0.15, 0.2) is 0 Å². The van der Waals surface area contributed by atoms with E-state index in [0.29, 0.717) is 23.7 Å². The highest BCUT2D eigenvalue weighted by Gasteiger charge is 2.42. The Labute approximate surface area is 169 Å². The number of hydrogen-bond donors (Lipinski definition) is 1. The molecule has 2 aromatic rings. The van der Waals surface area contributed by atoms with Crippen LogP contribution in [-0.4, -0.2) is 43.0 Å². The Hall–Kier alpha value is -2.53. The average Bonchev–Trinajstić information content (AvgIpc) is 3.41. The van der Waals surface area contributed by atoms with E-state index in [1.807, 2.05) is 24.3 Å². The predicted molar refractivity (Wildman–Crippen MR) is 108 cm³/mol. The third kappa shape index (κ3) is 3.85. The van der Waals surface area contributed by atoms with E-state index in [1.165, 1.54) is 0 Å². The van der Waals surface area contributed by atoms with Gasteiger partial charge in [-0.15, -0.1) is 0 Å². The summed E-state index contributed by atoms with van der Waals surface area (Å²) in [5.41, 5.74) is 1.54. The summed E-state index contributed by atoms with van der Waals surface area (Å²) in [5.74, 6) is 0.278. The summed E-state index contributed by atoms with van der Waals surface area (Å²) in [4.78, 5) is 27.7. The fourth-order valence-electron chi connectivity index (χ4n) is 3.83. The van der Waals surface area contributed by atoms with Gasteiger partial charge < -0.3 is 15.0 Å². The van der Waals surface area contributed by atoms with Crippen LogP contribution in [0.15, 0.2) is 48.5 Å². The van der Waals surface area contributed by atoms with Gasteiger partial charge in [0.1, 0.15) is 5.75 Å². The van der Waals surface area contributed by atoms with Crippen molar-refractivity contribution < 1.29 is 14.3 Å². The van der Waals surface area contributed by atoms with E-state index in [9.17, 15) is 9.59 Å². The molecule has 1 N–H and O–H groups in total. The Morgan fingerprint density at radius 3 is 2.46 bits per heavy atom. The summed E-state index contributed by atoms with van der Waals surface area (Å²) in [6, 6.07) is 14.9. The van der Waals surface area contributed by atoms with Crippen LogP contribution in [0, 0.1) is 5.92 Å². The Balaban J connectivity index is 1.61. The maximum Gasteiger partial charge on any atom is 0.253 e. The third-order valence-corrected chi connectivity index (χ3v) is 5.75. The maximum absolute atomic E-state index is 13.0. The van der Waals surface area contributed by atoms with Crippen LogP contribution in [0.2, 0.25) is 5.02 Å². The molecule has 4 rings (SSSR count). The molecule has 1 saturated heterocycles. The number of hydrogen-bond acceptors (Lipinski definition) is 3. The fraction of sp³-hybridized carbons (Fsp3) is 0.364. The number of methoxy groups -OCH3 is 1. The number of likely N-dealkylation sites (tertiary alicyclic amines) is 1. The number of amides is 2. The average molecular weight is 399 g/mol. The molecule has 0 aromatic heterocycles. The minimum atomic E-state index is -0.298. The molecule has 1 saturated carbocycles. The van der Waals surface area contributed by atoms with Crippen molar-refractivity contribution in [3.8, 4) is 5.75 Å². The standard InChI is InChI=1S/C22H23ClN2O3/c1-28-20-5-3-2-4-17(20)18-12-25(13-19(18)21(26)24-16-10-11-16)22(27)14-6-8-15(23)9-7-14/h2-9,16,18-19H,10-13H2,1H3,(H,24,26)/t18-,19-/m0/s1. The van der Waals surface area contributed by atoms with Crippen LogP contribution >= 0.6 is 11.6 Å². The zero-order valence-electron chi connectivity index (χ0n) is 15.7. The first-order valence-electron chi connectivity index (χ1n) is 9.55. The number of carbonyl (C=O) groups excluding carboxylic acids is 2. The summed E-state index contributed by atoms with van der Waals surface area (Å²) < 4.78 is 5.52. The van der Waals surface area contributed by atoms with Crippen LogP contribution in [0.5, 0.6) is 5.75 Å². The quantitative estimate of drug-likeness (QED) is 0.838. The molecule has 1 aliphatic carbocycles. The first-order valence-corrected chi connectivity index (χ1v) is 9.92. The highest BCUT2D eigenvalue weighted by Crippen LogP contribution is 2.38. The van der Waals surface area contributed by atoms with Gasteiger partial charge >= 0.3 is 0 Å². The molecular formula is C22H23ClN2O3. The van der Waals surface area contributed by atoms with Crippen molar-refractivity contribution in [3.05, 3.63) is 64.7 Å². The smallest absolute Gasteiger partial charge is 0.253 e. The molecule has 1 aliphatic heterocycles. The van der Waals surface area contributed by atoms with Gasteiger partial charge in [0.05, 0.1) is 13.0 Å². The summed E-state index contributed by atoms with van der Waals surface area (Å²) in [5, 5.41) is 3.69. The monoisotopic (exact) mass is 398 g/mol. The molecule has 28 heavy (non-hydrogen) atoms. The molecule has 6 heteroatoms.